The van der Waals surface area contributed by atoms with Crippen LogP contribution in [0, 0.1) is 0 Å². The van der Waals surface area contributed by atoms with Crippen LogP contribution in [0.5, 0.6) is 0 Å². The fourth-order valence-electron chi connectivity index (χ4n) is 2.74. The molecule has 0 unspecified atom stereocenters. The number of carbonyl (C=O) groups is 1. The Balaban J connectivity index is 1.76. The molecule has 0 saturated carbocycles. The van der Waals surface area contributed by atoms with Crippen molar-refractivity contribution in [2.75, 3.05) is 13.2 Å². The lowest BCUT2D eigenvalue weighted by Crippen LogP contribution is -2.35. The first-order valence-corrected chi connectivity index (χ1v) is 7.74. The van der Waals surface area contributed by atoms with Gasteiger partial charge in [0.25, 0.3) is 0 Å². The Morgan fingerprint density at radius 1 is 1.00 bits per heavy atom. The van der Waals surface area contributed by atoms with Crippen LogP contribution in [0.25, 0.3) is 10.9 Å². The second kappa shape index (κ2) is 7.11. The summed E-state index contributed by atoms with van der Waals surface area (Å²) in [4.78, 5) is 14.3. The number of para-hydroxylation sites is 1. The normalized spacial score (nSPS) is 10.8. The van der Waals surface area contributed by atoms with Crippen molar-refractivity contribution >= 4 is 16.8 Å². The summed E-state index contributed by atoms with van der Waals surface area (Å²) >= 11 is 0. The zero-order chi connectivity index (χ0) is 16.1. The van der Waals surface area contributed by atoms with Crippen LogP contribution in [0.2, 0.25) is 0 Å². The van der Waals surface area contributed by atoms with Crippen molar-refractivity contribution in [2.24, 2.45) is 0 Å². The highest BCUT2D eigenvalue weighted by Crippen LogP contribution is 2.15. The predicted octanol–water partition coefficient (Wildman–Crippen LogP) is 2.66. The Labute approximate surface area is 135 Å². The van der Waals surface area contributed by atoms with Crippen molar-refractivity contribution in [3.05, 3.63) is 72.4 Å². The molecule has 1 heterocycles. The van der Waals surface area contributed by atoms with Gasteiger partial charge in [-0.05, 0) is 23.1 Å². The molecular weight excluding hydrogens is 288 g/mol. The maximum atomic E-state index is 12.6. The highest BCUT2D eigenvalue weighted by molar-refractivity contribution is 5.83. The van der Waals surface area contributed by atoms with E-state index < -0.39 is 0 Å². The summed E-state index contributed by atoms with van der Waals surface area (Å²) in [5.41, 5.74) is 2.11. The molecule has 0 aliphatic rings. The van der Waals surface area contributed by atoms with Crippen molar-refractivity contribution in [2.45, 2.75) is 13.1 Å². The van der Waals surface area contributed by atoms with Gasteiger partial charge < -0.3 is 14.6 Å². The minimum Gasteiger partial charge on any atom is -0.395 e. The number of hydrogen-bond donors (Lipinski definition) is 1. The molecule has 1 aromatic heterocycles. The monoisotopic (exact) mass is 308 g/mol. The second-order valence-electron chi connectivity index (χ2n) is 5.53. The van der Waals surface area contributed by atoms with Gasteiger partial charge in [-0.1, -0.05) is 48.5 Å². The first-order valence-electron chi connectivity index (χ1n) is 7.74. The molecule has 0 radical (unpaired) electrons. The van der Waals surface area contributed by atoms with E-state index in [1.165, 1.54) is 0 Å². The van der Waals surface area contributed by atoms with Gasteiger partial charge in [-0.15, -0.1) is 0 Å². The smallest absolute Gasteiger partial charge is 0.242 e. The van der Waals surface area contributed by atoms with Gasteiger partial charge in [0.2, 0.25) is 5.91 Å². The van der Waals surface area contributed by atoms with Gasteiger partial charge >= 0.3 is 0 Å². The number of fused-ring (bicyclic) bond motifs is 1. The molecule has 0 bridgehead atoms. The third-order valence-electron chi connectivity index (χ3n) is 3.92. The summed E-state index contributed by atoms with van der Waals surface area (Å²) in [6, 6.07) is 19.9. The standard InChI is InChI=1S/C19H20N2O2/c22-13-12-21(14-16-6-2-1-3-7-16)19(23)15-20-11-10-17-8-4-5-9-18(17)20/h1-11,22H,12-15H2. The second-order valence-corrected chi connectivity index (χ2v) is 5.53. The molecule has 2 aromatic carbocycles. The molecule has 0 spiro atoms. The van der Waals surface area contributed by atoms with Crippen molar-refractivity contribution in [1.82, 2.24) is 9.47 Å². The van der Waals surface area contributed by atoms with Crippen LogP contribution in [0.4, 0.5) is 0 Å². The van der Waals surface area contributed by atoms with Gasteiger partial charge in [0, 0.05) is 24.8 Å². The van der Waals surface area contributed by atoms with E-state index in [2.05, 4.69) is 0 Å². The van der Waals surface area contributed by atoms with Crippen LogP contribution < -0.4 is 0 Å². The third-order valence-corrected chi connectivity index (χ3v) is 3.92. The van der Waals surface area contributed by atoms with Crippen molar-refractivity contribution in [1.29, 1.82) is 0 Å². The van der Waals surface area contributed by atoms with Crippen molar-refractivity contribution in [3.8, 4) is 0 Å². The number of benzene rings is 2. The molecule has 1 amide bonds. The molecule has 0 aliphatic heterocycles. The van der Waals surface area contributed by atoms with E-state index in [4.69, 9.17) is 0 Å². The van der Waals surface area contributed by atoms with Crippen molar-refractivity contribution in [3.63, 3.8) is 0 Å². The van der Waals surface area contributed by atoms with Gasteiger partial charge in [-0.25, -0.2) is 0 Å². The molecule has 0 aliphatic carbocycles. The van der Waals surface area contributed by atoms with Crippen LogP contribution >= 0.6 is 0 Å². The molecule has 0 saturated heterocycles. The highest BCUT2D eigenvalue weighted by atomic mass is 16.3. The zero-order valence-corrected chi connectivity index (χ0v) is 12.9. The van der Waals surface area contributed by atoms with E-state index >= 15 is 0 Å². The van der Waals surface area contributed by atoms with Crippen LogP contribution in [-0.4, -0.2) is 33.6 Å². The van der Waals surface area contributed by atoms with Crippen LogP contribution in [0.3, 0.4) is 0 Å². The maximum Gasteiger partial charge on any atom is 0.242 e. The number of aliphatic hydroxyl groups excluding tert-OH is 1. The Hall–Kier alpha value is -2.59. The minimum absolute atomic E-state index is 0.00394. The summed E-state index contributed by atoms with van der Waals surface area (Å²) < 4.78 is 1.95. The van der Waals surface area contributed by atoms with Crippen LogP contribution in [0.15, 0.2) is 66.9 Å². The molecule has 1 N–H and O–H groups in total. The van der Waals surface area contributed by atoms with Gasteiger partial charge in [-0.2, -0.15) is 0 Å². The lowest BCUT2D eigenvalue weighted by Gasteiger charge is -2.22. The molecule has 4 nitrogen and oxygen atoms in total. The molecule has 118 valence electrons. The van der Waals surface area contributed by atoms with Crippen LogP contribution in [0.1, 0.15) is 5.56 Å². The average molecular weight is 308 g/mol. The molecule has 3 aromatic rings. The fourth-order valence-corrected chi connectivity index (χ4v) is 2.74. The lowest BCUT2D eigenvalue weighted by atomic mass is 10.2. The lowest BCUT2D eigenvalue weighted by molar-refractivity contribution is -0.132. The number of hydrogen-bond acceptors (Lipinski definition) is 2. The summed E-state index contributed by atoms with van der Waals surface area (Å²) in [5, 5.41) is 10.4. The highest BCUT2D eigenvalue weighted by Gasteiger charge is 2.15. The van der Waals surface area contributed by atoms with Gasteiger partial charge in [0.05, 0.1) is 6.61 Å². The number of nitrogens with zero attached hydrogens (tertiary/aromatic N) is 2. The largest absolute Gasteiger partial charge is 0.395 e. The molecule has 0 atom stereocenters. The van der Waals surface area contributed by atoms with E-state index in [1.54, 1.807) is 4.90 Å². The number of rotatable bonds is 6. The summed E-state index contributed by atoms with van der Waals surface area (Å²) in [5.74, 6) is 0.00394. The quantitative estimate of drug-likeness (QED) is 0.761. The Kier molecular flexibility index (Phi) is 4.74. The number of aromatic nitrogens is 1. The van der Waals surface area contributed by atoms with E-state index in [-0.39, 0.29) is 19.1 Å². The Bertz CT molecular complexity index is 780. The number of carbonyl (C=O) groups excluding carboxylic acids is 1. The van der Waals surface area contributed by atoms with Crippen LogP contribution in [-0.2, 0) is 17.9 Å². The number of amides is 1. The van der Waals surface area contributed by atoms with Gasteiger partial charge in [0.1, 0.15) is 6.54 Å². The fraction of sp³-hybridized carbons (Fsp3) is 0.211. The first kappa shape index (κ1) is 15.3. The first-order chi connectivity index (χ1) is 11.3. The molecule has 4 heteroatoms. The maximum absolute atomic E-state index is 12.6. The predicted molar refractivity (Wildman–Crippen MR) is 90.9 cm³/mol. The van der Waals surface area contributed by atoms with E-state index in [0.717, 1.165) is 16.5 Å². The average Bonchev–Trinajstić information content (AvgIpc) is 2.99. The summed E-state index contributed by atoms with van der Waals surface area (Å²) in [6.45, 7) is 1.09. The van der Waals surface area contributed by atoms with Crippen molar-refractivity contribution < 1.29 is 9.90 Å². The van der Waals surface area contributed by atoms with E-state index in [9.17, 15) is 9.90 Å². The Morgan fingerprint density at radius 3 is 2.52 bits per heavy atom. The minimum atomic E-state index is -0.0367. The summed E-state index contributed by atoms with van der Waals surface area (Å²) in [6.07, 6.45) is 1.93. The van der Waals surface area contributed by atoms with Gasteiger partial charge in [-0.3, -0.25) is 4.79 Å². The Morgan fingerprint density at radius 2 is 1.74 bits per heavy atom. The van der Waals surface area contributed by atoms with E-state index in [1.807, 2.05) is 71.4 Å². The van der Waals surface area contributed by atoms with E-state index in [0.29, 0.717) is 13.1 Å². The molecule has 3 rings (SSSR count). The molecule has 0 fully saturated rings. The summed E-state index contributed by atoms with van der Waals surface area (Å²) in [7, 11) is 0. The van der Waals surface area contributed by atoms with Gasteiger partial charge in [0.15, 0.2) is 0 Å². The molecular formula is C19H20N2O2. The topological polar surface area (TPSA) is 45.5 Å². The zero-order valence-electron chi connectivity index (χ0n) is 12.9. The number of aliphatic hydroxyl groups is 1. The SMILES string of the molecule is O=C(Cn1ccc2ccccc21)N(CCO)Cc1ccccc1. The third kappa shape index (κ3) is 3.60. The molecule has 23 heavy (non-hydrogen) atoms.